The van der Waals surface area contributed by atoms with E-state index in [1.54, 1.807) is 6.20 Å². The van der Waals surface area contributed by atoms with Crippen molar-refractivity contribution in [3.63, 3.8) is 0 Å². The van der Waals surface area contributed by atoms with Gasteiger partial charge in [-0.05, 0) is 96.9 Å². The average molecular weight is 1090 g/mol. The third-order valence-corrected chi connectivity index (χ3v) is 15.6. The highest BCUT2D eigenvalue weighted by Gasteiger charge is 2.41. The number of aliphatic imine (C=N–C) groups is 1. The molecule has 0 bridgehead atoms. The molecule has 1 aromatic heterocycles. The summed E-state index contributed by atoms with van der Waals surface area (Å²) < 4.78 is 5.86. The van der Waals surface area contributed by atoms with Gasteiger partial charge in [-0.15, -0.1) is 0 Å². The Bertz CT molecular complexity index is 2950. The maximum atomic E-state index is 14.8. The van der Waals surface area contributed by atoms with E-state index in [1.807, 2.05) is 103 Å². The number of hydrogen-bond acceptors (Lipinski definition) is 10. The predicted molar refractivity (Wildman–Crippen MR) is 304 cm³/mol. The van der Waals surface area contributed by atoms with Gasteiger partial charge in [0, 0.05) is 48.9 Å². The summed E-state index contributed by atoms with van der Waals surface area (Å²) in [6.45, 7) is 0.574. The Labute approximate surface area is 465 Å². The molecule has 80 heavy (non-hydrogen) atoms. The zero-order valence-corrected chi connectivity index (χ0v) is 45.1. The molecule has 8 rings (SSSR count). The summed E-state index contributed by atoms with van der Waals surface area (Å²) in [5, 5.41) is 25.1. The number of aromatic nitrogens is 1. The number of ether oxygens (including phenoxy) is 1. The number of aliphatic carboxylic acids is 1. The Hall–Kier alpha value is -8.26. The van der Waals surface area contributed by atoms with Gasteiger partial charge in [0.15, 0.2) is 5.96 Å². The Morgan fingerprint density at radius 3 is 1.96 bits per heavy atom. The summed E-state index contributed by atoms with van der Waals surface area (Å²) in [4.78, 5) is 108. The number of carboxylic acid groups (broad SMARTS) is 1. The molecule has 20 heteroatoms. The van der Waals surface area contributed by atoms with E-state index in [1.165, 1.54) is 4.90 Å². The van der Waals surface area contributed by atoms with E-state index in [2.05, 4.69) is 36.6 Å². The standard InChI is InChI=1S/C60H75N11O9/c61-29-13-26-47(66-54(73)50(33-38-18-5-2-6-19-38)70-60(79)80-36-45-43-23-9-7-21-41(43)42-22-8-10-24-44(42)45)57(76)71-31-15-28-52(71)56(75)69-49(32-37-16-3-1-4-17-37)53(72)68-51(34-39-35-65-46-25-12-11-20-40(39)46)55(74)67-48(58(77)78)27-14-30-64-59(62)63/h2,5-12,18-25,35,37,45,47-52,65H,1,3-4,13-17,26-34,36,61H2,(H,66,73)(H,67,74)(H,68,72)(H,69,75)(H,70,79)(H,77,78)(H4,62,63,64)/t47-,48-,49+,50-,51-,52-/m0/s1. The summed E-state index contributed by atoms with van der Waals surface area (Å²) >= 11 is 0. The molecule has 5 aromatic rings. The number of guanidine groups is 1. The maximum absolute atomic E-state index is 14.8. The van der Waals surface area contributed by atoms with E-state index in [-0.39, 0.29) is 89.0 Å². The van der Waals surface area contributed by atoms with Crippen LogP contribution in [0.5, 0.6) is 0 Å². The van der Waals surface area contributed by atoms with Crippen LogP contribution in [-0.4, -0.2) is 125 Å². The van der Waals surface area contributed by atoms with Crippen LogP contribution in [0.4, 0.5) is 4.79 Å². The lowest BCUT2D eigenvalue weighted by Gasteiger charge is -2.32. The first-order chi connectivity index (χ1) is 38.8. The smallest absolute Gasteiger partial charge is 0.407 e. The predicted octanol–water partition coefficient (Wildman–Crippen LogP) is 4.64. The number of fused-ring (bicyclic) bond motifs is 4. The molecule has 2 fully saturated rings. The molecule has 1 saturated heterocycles. The normalized spacial score (nSPS) is 16.9. The number of likely N-dealkylation sites (tertiary alicyclic amines) is 1. The molecule has 424 valence electrons. The van der Waals surface area contributed by atoms with Crippen molar-refractivity contribution in [1.82, 2.24) is 36.5 Å². The Balaban J connectivity index is 0.975. The van der Waals surface area contributed by atoms with Crippen LogP contribution in [0.25, 0.3) is 22.0 Å². The van der Waals surface area contributed by atoms with E-state index in [0.29, 0.717) is 18.4 Å². The van der Waals surface area contributed by atoms with Gasteiger partial charge in [-0.25, -0.2) is 9.59 Å². The van der Waals surface area contributed by atoms with Crippen LogP contribution in [0.3, 0.4) is 0 Å². The number of nitrogens with one attached hydrogen (secondary N) is 6. The molecule has 1 aliphatic heterocycles. The Morgan fingerprint density at radius 1 is 0.662 bits per heavy atom. The van der Waals surface area contributed by atoms with Gasteiger partial charge in [-0.2, -0.15) is 0 Å². The van der Waals surface area contributed by atoms with Gasteiger partial charge in [0.2, 0.25) is 29.5 Å². The number of carbonyl (C=O) groups is 7. The molecule has 3 aliphatic rings. The van der Waals surface area contributed by atoms with Crippen LogP contribution >= 0.6 is 0 Å². The molecule has 2 aliphatic carbocycles. The number of carbonyl (C=O) groups excluding carboxylic acids is 6. The minimum atomic E-state index is -1.33. The van der Waals surface area contributed by atoms with Crippen molar-refractivity contribution in [3.05, 3.63) is 132 Å². The SMILES string of the molecule is NCCC[C@H](NC(=O)[C@H](Cc1ccccc1)NC(=O)OCC1c2ccccc2-c2ccccc21)C(=O)N1CCC[C@H]1C(=O)N[C@H](CC1CCCCC1)C(=O)N[C@@H](Cc1c[nH]c2ccccc12)C(=O)N[C@@H](CCCN=C(N)N)C(=O)O. The minimum Gasteiger partial charge on any atom is -0.480 e. The molecular weight excluding hydrogens is 1020 g/mol. The zero-order chi connectivity index (χ0) is 56.5. The summed E-state index contributed by atoms with van der Waals surface area (Å²) in [5.74, 6) is -4.66. The second-order valence-electron chi connectivity index (χ2n) is 21.2. The fourth-order valence-electron chi connectivity index (χ4n) is 11.5. The minimum absolute atomic E-state index is 0.00574. The van der Waals surface area contributed by atoms with Crippen molar-refractivity contribution in [1.29, 1.82) is 0 Å². The number of alkyl carbamates (subject to hydrolysis) is 1. The zero-order valence-electron chi connectivity index (χ0n) is 45.1. The molecule has 0 radical (unpaired) electrons. The van der Waals surface area contributed by atoms with E-state index in [4.69, 9.17) is 21.9 Å². The number of nitrogens with two attached hydrogens (primary N) is 3. The van der Waals surface area contributed by atoms with Gasteiger partial charge < -0.3 is 63.5 Å². The quantitative estimate of drug-likeness (QED) is 0.0206. The highest BCUT2D eigenvalue weighted by molar-refractivity contribution is 5.97. The summed E-state index contributed by atoms with van der Waals surface area (Å²) in [5.41, 5.74) is 23.3. The highest BCUT2D eigenvalue weighted by atomic mass is 16.5. The van der Waals surface area contributed by atoms with Crippen molar-refractivity contribution in [2.45, 2.75) is 132 Å². The average Bonchev–Trinajstić information content (AvgIpc) is 4.26. The lowest BCUT2D eigenvalue weighted by molar-refractivity contribution is -0.143. The topological polar surface area (TPSA) is 319 Å². The summed E-state index contributed by atoms with van der Waals surface area (Å²) in [6, 6.07) is 25.5. The van der Waals surface area contributed by atoms with Gasteiger partial charge in [0.25, 0.3) is 0 Å². The fraction of sp³-hybridized carbons (Fsp3) is 0.433. The number of hydrogen-bond donors (Lipinski definition) is 10. The molecule has 1 saturated carbocycles. The Morgan fingerprint density at radius 2 is 1.27 bits per heavy atom. The molecule has 2 heterocycles. The number of carboxylic acids is 1. The largest absolute Gasteiger partial charge is 0.480 e. The van der Waals surface area contributed by atoms with Crippen LogP contribution in [0.2, 0.25) is 0 Å². The Kier molecular flexibility index (Phi) is 20.3. The van der Waals surface area contributed by atoms with Crippen molar-refractivity contribution < 1.29 is 43.4 Å². The third kappa shape index (κ3) is 15.1. The monoisotopic (exact) mass is 1090 g/mol. The molecule has 6 atom stereocenters. The van der Waals surface area contributed by atoms with Crippen LogP contribution < -0.4 is 43.8 Å². The summed E-state index contributed by atoms with van der Waals surface area (Å²) in [6.07, 6.45) is 7.36. The first-order valence-corrected chi connectivity index (χ1v) is 28.0. The highest BCUT2D eigenvalue weighted by Crippen LogP contribution is 2.44. The number of amides is 6. The second kappa shape index (κ2) is 28.1. The van der Waals surface area contributed by atoms with Gasteiger partial charge in [0.1, 0.15) is 42.9 Å². The number of para-hydroxylation sites is 1. The second-order valence-corrected chi connectivity index (χ2v) is 21.2. The molecule has 6 amide bonds. The first-order valence-electron chi connectivity index (χ1n) is 28.0. The molecule has 13 N–H and O–H groups in total. The lowest BCUT2D eigenvalue weighted by atomic mass is 9.84. The number of H-pyrrole nitrogens is 1. The van der Waals surface area contributed by atoms with E-state index >= 15 is 0 Å². The van der Waals surface area contributed by atoms with Gasteiger partial charge >= 0.3 is 12.1 Å². The van der Waals surface area contributed by atoms with Crippen LogP contribution in [-0.2, 0) is 46.3 Å². The molecule has 4 aromatic carbocycles. The van der Waals surface area contributed by atoms with E-state index < -0.39 is 77.8 Å². The lowest BCUT2D eigenvalue weighted by Crippen LogP contribution is -2.59. The van der Waals surface area contributed by atoms with Crippen LogP contribution in [0.1, 0.15) is 105 Å². The number of benzene rings is 4. The van der Waals surface area contributed by atoms with Gasteiger partial charge in [-0.1, -0.05) is 129 Å². The first kappa shape index (κ1) is 57.9. The van der Waals surface area contributed by atoms with Gasteiger partial charge in [-0.3, -0.25) is 29.0 Å². The van der Waals surface area contributed by atoms with Crippen molar-refractivity contribution in [2.24, 2.45) is 28.1 Å². The van der Waals surface area contributed by atoms with Gasteiger partial charge in [0.05, 0.1) is 0 Å². The number of rotatable bonds is 26. The molecular formula is C60H75N11O9. The number of aromatic amines is 1. The number of nitrogens with zero attached hydrogens (tertiary/aromatic N) is 2. The molecule has 20 nitrogen and oxygen atoms in total. The third-order valence-electron chi connectivity index (χ3n) is 15.6. The van der Waals surface area contributed by atoms with Crippen LogP contribution in [0.15, 0.2) is 114 Å². The maximum Gasteiger partial charge on any atom is 0.407 e. The van der Waals surface area contributed by atoms with E-state index in [0.717, 1.165) is 70.8 Å². The fourth-order valence-corrected chi connectivity index (χ4v) is 11.5. The van der Waals surface area contributed by atoms with Crippen LogP contribution in [0, 0.1) is 5.92 Å². The molecule has 0 spiro atoms. The summed E-state index contributed by atoms with van der Waals surface area (Å²) in [7, 11) is 0. The van der Waals surface area contributed by atoms with Crippen molar-refractivity contribution in [2.75, 3.05) is 26.2 Å². The van der Waals surface area contributed by atoms with Crippen molar-refractivity contribution in [3.8, 4) is 11.1 Å². The molecule has 0 unspecified atom stereocenters. The van der Waals surface area contributed by atoms with E-state index in [9.17, 15) is 38.7 Å². The van der Waals surface area contributed by atoms with Crippen molar-refractivity contribution >= 4 is 58.5 Å².